The lowest BCUT2D eigenvalue weighted by Crippen LogP contribution is -2.10. The summed E-state index contributed by atoms with van der Waals surface area (Å²) >= 11 is 3.16. The Hall–Kier alpha value is -1.48. The molecule has 0 heterocycles. The predicted molar refractivity (Wildman–Crippen MR) is 69.1 cm³/mol. The van der Waals surface area contributed by atoms with E-state index >= 15 is 0 Å². The maximum Gasteiger partial charge on any atom is 0.310 e. The number of hydrogen-bond acceptors (Lipinski definition) is 3. The van der Waals surface area contributed by atoms with Crippen molar-refractivity contribution >= 4 is 21.9 Å². The van der Waals surface area contributed by atoms with E-state index in [-0.39, 0.29) is 29.5 Å². The number of carbonyl (C=O) groups excluding carboxylic acids is 1. The second kappa shape index (κ2) is 7.19. The molecule has 102 valence electrons. The number of nitrogens with zero attached hydrogens (tertiary/aromatic N) is 1. The molecule has 6 heteroatoms. The van der Waals surface area contributed by atoms with E-state index in [4.69, 9.17) is 10.00 Å². The van der Waals surface area contributed by atoms with E-state index in [9.17, 15) is 13.6 Å². The number of ether oxygens (including phenoxy) is 1. The molecule has 0 bridgehead atoms. The molecule has 0 aliphatic carbocycles. The largest absolute Gasteiger partial charge is 0.466 e. The second-order valence-corrected chi connectivity index (χ2v) is 4.26. The van der Waals surface area contributed by atoms with Crippen molar-refractivity contribution in [2.75, 3.05) is 6.61 Å². The quantitative estimate of drug-likeness (QED) is 0.613. The Labute approximate surface area is 118 Å². The fourth-order valence-corrected chi connectivity index (χ4v) is 2.35. The number of carbonyl (C=O) groups is 1. The molecule has 0 atom stereocenters. The summed E-state index contributed by atoms with van der Waals surface area (Å²) in [7, 11) is 0. The van der Waals surface area contributed by atoms with E-state index < -0.39 is 12.4 Å². The lowest BCUT2D eigenvalue weighted by atomic mass is 9.96. The maximum atomic E-state index is 12.8. The van der Waals surface area contributed by atoms with Crippen LogP contribution in [0.2, 0.25) is 0 Å². The van der Waals surface area contributed by atoms with Crippen molar-refractivity contribution in [1.29, 1.82) is 5.26 Å². The van der Waals surface area contributed by atoms with Gasteiger partial charge in [-0.05, 0) is 18.1 Å². The van der Waals surface area contributed by atoms with Crippen molar-refractivity contribution in [2.24, 2.45) is 0 Å². The Morgan fingerprint density at radius 2 is 2.21 bits per heavy atom. The smallest absolute Gasteiger partial charge is 0.310 e. The number of halogens is 3. The van der Waals surface area contributed by atoms with Crippen LogP contribution in [-0.4, -0.2) is 12.6 Å². The first-order valence-electron chi connectivity index (χ1n) is 5.59. The van der Waals surface area contributed by atoms with Crippen LogP contribution in [0, 0.1) is 11.3 Å². The summed E-state index contributed by atoms with van der Waals surface area (Å²) in [6.45, 7) is 1.94. The molecule has 0 radical (unpaired) electrons. The third-order valence-electron chi connectivity index (χ3n) is 2.56. The highest BCUT2D eigenvalue weighted by Crippen LogP contribution is 2.29. The normalized spacial score (nSPS) is 10.3. The van der Waals surface area contributed by atoms with Crippen LogP contribution >= 0.6 is 15.9 Å². The molecule has 1 aromatic rings. The number of rotatable bonds is 5. The molecule has 0 spiro atoms. The second-order valence-electron chi connectivity index (χ2n) is 3.70. The van der Waals surface area contributed by atoms with Gasteiger partial charge in [0.15, 0.2) is 0 Å². The van der Waals surface area contributed by atoms with Crippen LogP contribution < -0.4 is 0 Å². The highest BCUT2D eigenvalue weighted by molar-refractivity contribution is 9.08. The van der Waals surface area contributed by atoms with Crippen LogP contribution in [0.4, 0.5) is 8.78 Å². The summed E-state index contributed by atoms with van der Waals surface area (Å²) in [6.07, 6.45) is -2.75. The molecule has 0 aliphatic heterocycles. The van der Waals surface area contributed by atoms with Crippen LogP contribution in [-0.2, 0) is 21.3 Å². The molecule has 0 fully saturated rings. The van der Waals surface area contributed by atoms with Gasteiger partial charge in [-0.15, -0.1) is 0 Å². The summed E-state index contributed by atoms with van der Waals surface area (Å²) in [4.78, 5) is 11.4. The van der Waals surface area contributed by atoms with Gasteiger partial charge < -0.3 is 4.74 Å². The van der Waals surface area contributed by atoms with E-state index in [1.54, 1.807) is 13.0 Å². The summed E-state index contributed by atoms with van der Waals surface area (Å²) in [5.41, 5.74) is 0.544. The molecular formula is C13H12BrF2NO2. The van der Waals surface area contributed by atoms with Crippen molar-refractivity contribution in [1.82, 2.24) is 0 Å². The Bertz CT molecular complexity index is 512. The van der Waals surface area contributed by atoms with Crippen LogP contribution in [0.15, 0.2) is 12.1 Å². The Balaban J connectivity index is 3.21. The predicted octanol–water partition coefficient (Wildman–Crippen LogP) is 3.50. The average Bonchev–Trinajstić information content (AvgIpc) is 2.37. The van der Waals surface area contributed by atoms with Crippen LogP contribution in [0.1, 0.15) is 35.6 Å². The Kier molecular flexibility index (Phi) is 5.90. The van der Waals surface area contributed by atoms with Gasteiger partial charge in [-0.2, -0.15) is 5.26 Å². The van der Waals surface area contributed by atoms with Crippen molar-refractivity contribution in [3.05, 3.63) is 34.4 Å². The minimum Gasteiger partial charge on any atom is -0.466 e. The zero-order chi connectivity index (χ0) is 14.4. The molecule has 0 unspecified atom stereocenters. The third-order valence-corrected chi connectivity index (χ3v) is 3.12. The Morgan fingerprint density at radius 3 is 2.68 bits per heavy atom. The van der Waals surface area contributed by atoms with Gasteiger partial charge in [-0.1, -0.05) is 28.1 Å². The monoisotopic (exact) mass is 331 g/mol. The van der Waals surface area contributed by atoms with Gasteiger partial charge in [-0.3, -0.25) is 4.79 Å². The number of hydrogen-bond donors (Lipinski definition) is 0. The zero-order valence-electron chi connectivity index (χ0n) is 10.3. The molecular weight excluding hydrogens is 320 g/mol. The minimum absolute atomic E-state index is 0.0348. The lowest BCUT2D eigenvalue weighted by Gasteiger charge is -2.12. The van der Waals surface area contributed by atoms with Gasteiger partial charge in [0.2, 0.25) is 0 Å². The van der Waals surface area contributed by atoms with Gasteiger partial charge in [0.25, 0.3) is 6.43 Å². The van der Waals surface area contributed by atoms with Gasteiger partial charge in [-0.25, -0.2) is 8.78 Å². The molecule has 0 aromatic heterocycles. The number of nitriles is 1. The van der Waals surface area contributed by atoms with E-state index in [1.807, 2.05) is 0 Å². The topological polar surface area (TPSA) is 50.1 Å². The van der Waals surface area contributed by atoms with Crippen LogP contribution in [0.3, 0.4) is 0 Å². The SMILES string of the molecule is CCOC(=O)Cc1ccc(C(F)F)c(C#N)c1CBr. The summed E-state index contributed by atoms with van der Waals surface area (Å²) in [6, 6.07) is 4.40. The first-order valence-corrected chi connectivity index (χ1v) is 6.71. The minimum atomic E-state index is -2.72. The highest BCUT2D eigenvalue weighted by Gasteiger charge is 2.19. The third kappa shape index (κ3) is 3.74. The zero-order valence-corrected chi connectivity index (χ0v) is 11.8. The van der Waals surface area contributed by atoms with Gasteiger partial charge >= 0.3 is 5.97 Å². The molecule has 0 amide bonds. The maximum absolute atomic E-state index is 12.8. The summed E-state index contributed by atoms with van der Waals surface area (Å²) in [5.74, 6) is -0.446. The lowest BCUT2D eigenvalue weighted by molar-refractivity contribution is -0.142. The van der Waals surface area contributed by atoms with Crippen LogP contribution in [0.25, 0.3) is 0 Å². The summed E-state index contributed by atoms with van der Waals surface area (Å²) < 4.78 is 30.4. The molecule has 1 rings (SSSR count). The number of benzene rings is 1. The van der Waals surface area contributed by atoms with Gasteiger partial charge in [0.1, 0.15) is 0 Å². The first-order chi connectivity index (χ1) is 9.04. The molecule has 0 saturated heterocycles. The van der Waals surface area contributed by atoms with Gasteiger partial charge in [0.05, 0.1) is 24.7 Å². The van der Waals surface area contributed by atoms with Crippen molar-refractivity contribution in [2.45, 2.75) is 25.1 Å². The Morgan fingerprint density at radius 1 is 1.53 bits per heavy atom. The van der Waals surface area contributed by atoms with E-state index in [2.05, 4.69) is 15.9 Å². The van der Waals surface area contributed by atoms with E-state index in [0.717, 1.165) is 0 Å². The number of alkyl halides is 3. The fourth-order valence-electron chi connectivity index (χ4n) is 1.71. The molecule has 0 N–H and O–H groups in total. The number of esters is 1. The van der Waals surface area contributed by atoms with Crippen LogP contribution in [0.5, 0.6) is 0 Å². The molecule has 0 aliphatic rings. The standard InChI is InChI=1S/C13H12BrF2NO2/c1-2-19-12(18)5-8-3-4-9(13(15)16)11(7-17)10(8)6-14/h3-4,13H,2,5-6H2,1H3. The van der Waals surface area contributed by atoms with Gasteiger partial charge in [0, 0.05) is 10.9 Å². The van der Waals surface area contributed by atoms with Crippen molar-refractivity contribution in [3.63, 3.8) is 0 Å². The highest BCUT2D eigenvalue weighted by atomic mass is 79.9. The van der Waals surface area contributed by atoms with E-state index in [0.29, 0.717) is 11.1 Å². The van der Waals surface area contributed by atoms with E-state index in [1.165, 1.54) is 12.1 Å². The van der Waals surface area contributed by atoms with Crippen molar-refractivity contribution < 1.29 is 18.3 Å². The summed E-state index contributed by atoms with van der Waals surface area (Å²) in [5, 5.41) is 9.25. The average molecular weight is 332 g/mol. The molecule has 19 heavy (non-hydrogen) atoms. The molecule has 0 saturated carbocycles. The van der Waals surface area contributed by atoms with Crippen molar-refractivity contribution in [3.8, 4) is 6.07 Å². The molecule has 3 nitrogen and oxygen atoms in total. The fraction of sp³-hybridized carbons (Fsp3) is 0.385. The molecule has 1 aromatic carbocycles. The first kappa shape index (κ1) is 15.6.